The van der Waals surface area contributed by atoms with Crippen LogP contribution in [0, 0.1) is 5.92 Å². The molecule has 1 aliphatic heterocycles. The number of allylic oxidation sites excluding steroid dienone is 1. The molecule has 0 aromatic carbocycles. The summed E-state index contributed by atoms with van der Waals surface area (Å²) < 4.78 is 0. The average Bonchev–Trinajstić information content (AvgIpc) is 2.22. The molecule has 1 fully saturated rings. The molecular weight excluding hydrogens is 188 g/mol. The molecule has 15 heavy (non-hydrogen) atoms. The fourth-order valence-electron chi connectivity index (χ4n) is 1.88. The Balaban J connectivity index is 2.28. The number of carbonyl (C=O) groups is 1. The van der Waals surface area contributed by atoms with E-state index in [1.54, 1.807) is 0 Å². The van der Waals surface area contributed by atoms with Crippen molar-refractivity contribution in [3.63, 3.8) is 0 Å². The molecule has 1 heterocycles. The summed E-state index contributed by atoms with van der Waals surface area (Å²) in [5.41, 5.74) is 0. The summed E-state index contributed by atoms with van der Waals surface area (Å²) in [5, 5.41) is 6.45. The third-order valence-corrected chi connectivity index (χ3v) is 3.16. The Morgan fingerprint density at radius 1 is 1.67 bits per heavy atom. The van der Waals surface area contributed by atoms with Gasteiger partial charge < -0.3 is 10.6 Å². The van der Waals surface area contributed by atoms with Gasteiger partial charge in [-0.05, 0) is 25.7 Å². The number of rotatable bonds is 5. The third kappa shape index (κ3) is 4.04. The van der Waals surface area contributed by atoms with Gasteiger partial charge in [0.1, 0.15) is 0 Å². The van der Waals surface area contributed by atoms with Crippen LogP contribution in [0.25, 0.3) is 0 Å². The molecule has 1 aliphatic rings. The number of hydrogen-bond donors (Lipinski definition) is 2. The number of hydrogen-bond acceptors (Lipinski definition) is 2. The van der Waals surface area contributed by atoms with E-state index >= 15 is 0 Å². The zero-order chi connectivity index (χ0) is 11.3. The topological polar surface area (TPSA) is 41.1 Å². The predicted molar refractivity (Wildman–Crippen MR) is 62.6 cm³/mol. The van der Waals surface area contributed by atoms with Gasteiger partial charge in [-0.3, -0.25) is 4.79 Å². The Hall–Kier alpha value is -0.830. The quantitative estimate of drug-likeness (QED) is 0.674. The zero-order valence-electron chi connectivity index (χ0n) is 9.75. The van der Waals surface area contributed by atoms with Crippen molar-refractivity contribution in [3.8, 4) is 0 Å². The van der Waals surface area contributed by atoms with Crippen LogP contribution in [0.2, 0.25) is 0 Å². The van der Waals surface area contributed by atoms with E-state index in [1.165, 1.54) is 0 Å². The highest BCUT2D eigenvalue weighted by Gasteiger charge is 2.20. The van der Waals surface area contributed by atoms with E-state index in [1.807, 2.05) is 6.08 Å². The van der Waals surface area contributed by atoms with Gasteiger partial charge in [0.25, 0.3) is 0 Å². The molecular formula is C12H22N2O. The van der Waals surface area contributed by atoms with Crippen molar-refractivity contribution in [1.82, 2.24) is 10.6 Å². The van der Waals surface area contributed by atoms with Gasteiger partial charge in [-0.15, -0.1) is 6.58 Å². The Labute approximate surface area is 92.3 Å². The fourth-order valence-corrected chi connectivity index (χ4v) is 1.88. The standard InChI is InChI=1S/C12H22N2O/c1-4-5-9(2)10(3)14-11-6-7-12(15)13-8-11/h4,9-11,14H,1,5-8H2,2-3H3,(H,13,15). The van der Waals surface area contributed by atoms with Gasteiger partial charge in [0.2, 0.25) is 5.91 Å². The maximum absolute atomic E-state index is 11.0. The Morgan fingerprint density at radius 2 is 2.40 bits per heavy atom. The molecule has 1 rings (SSSR count). The molecule has 1 saturated heterocycles. The summed E-state index contributed by atoms with van der Waals surface area (Å²) in [6.07, 6.45) is 4.61. The first-order valence-electron chi connectivity index (χ1n) is 5.77. The minimum atomic E-state index is 0.180. The summed E-state index contributed by atoms with van der Waals surface area (Å²) in [6.45, 7) is 8.94. The molecule has 0 aromatic heterocycles. The summed E-state index contributed by atoms with van der Waals surface area (Å²) >= 11 is 0. The van der Waals surface area contributed by atoms with E-state index in [-0.39, 0.29) is 5.91 Å². The van der Waals surface area contributed by atoms with Crippen LogP contribution in [-0.2, 0) is 4.79 Å². The number of piperidine rings is 1. The maximum Gasteiger partial charge on any atom is 0.220 e. The van der Waals surface area contributed by atoms with Crippen molar-refractivity contribution in [2.24, 2.45) is 5.92 Å². The number of amides is 1. The van der Waals surface area contributed by atoms with Crippen LogP contribution in [0.5, 0.6) is 0 Å². The molecule has 3 nitrogen and oxygen atoms in total. The minimum Gasteiger partial charge on any atom is -0.355 e. The average molecular weight is 210 g/mol. The van der Waals surface area contributed by atoms with Crippen LogP contribution in [0.1, 0.15) is 33.1 Å². The minimum absolute atomic E-state index is 0.180. The lowest BCUT2D eigenvalue weighted by atomic mass is 9.97. The highest BCUT2D eigenvalue weighted by molar-refractivity contribution is 5.76. The highest BCUT2D eigenvalue weighted by atomic mass is 16.1. The largest absolute Gasteiger partial charge is 0.355 e. The highest BCUT2D eigenvalue weighted by Crippen LogP contribution is 2.11. The molecule has 2 N–H and O–H groups in total. The normalized spacial score (nSPS) is 25.5. The van der Waals surface area contributed by atoms with Gasteiger partial charge in [-0.25, -0.2) is 0 Å². The molecule has 0 radical (unpaired) electrons. The van der Waals surface area contributed by atoms with Crippen molar-refractivity contribution in [1.29, 1.82) is 0 Å². The Kier molecular flexibility index (Phi) is 4.82. The second-order valence-electron chi connectivity index (χ2n) is 4.50. The lowest BCUT2D eigenvalue weighted by molar-refractivity contribution is -0.122. The SMILES string of the molecule is C=CCC(C)C(C)NC1CCC(=O)NC1. The van der Waals surface area contributed by atoms with Gasteiger partial charge in [-0.1, -0.05) is 13.0 Å². The van der Waals surface area contributed by atoms with E-state index in [4.69, 9.17) is 0 Å². The van der Waals surface area contributed by atoms with Crippen LogP contribution in [0.3, 0.4) is 0 Å². The van der Waals surface area contributed by atoms with Crippen LogP contribution < -0.4 is 10.6 Å². The lowest BCUT2D eigenvalue weighted by Gasteiger charge is -2.29. The van der Waals surface area contributed by atoms with Gasteiger partial charge in [0.05, 0.1) is 0 Å². The zero-order valence-corrected chi connectivity index (χ0v) is 9.75. The van der Waals surface area contributed by atoms with Crippen molar-refractivity contribution < 1.29 is 4.79 Å². The van der Waals surface area contributed by atoms with Crippen LogP contribution in [-0.4, -0.2) is 24.5 Å². The van der Waals surface area contributed by atoms with Gasteiger partial charge >= 0.3 is 0 Å². The molecule has 0 aliphatic carbocycles. The maximum atomic E-state index is 11.0. The number of nitrogens with one attached hydrogen (secondary N) is 2. The molecule has 0 spiro atoms. The molecule has 0 aromatic rings. The summed E-state index contributed by atoms with van der Waals surface area (Å²) in [7, 11) is 0. The van der Waals surface area contributed by atoms with E-state index in [9.17, 15) is 4.79 Å². The summed E-state index contributed by atoms with van der Waals surface area (Å²) in [5.74, 6) is 0.778. The van der Waals surface area contributed by atoms with Crippen LogP contribution >= 0.6 is 0 Å². The molecule has 3 heteroatoms. The molecule has 86 valence electrons. The van der Waals surface area contributed by atoms with E-state index in [2.05, 4.69) is 31.1 Å². The second kappa shape index (κ2) is 5.91. The lowest BCUT2D eigenvalue weighted by Crippen LogP contribution is -2.49. The molecule has 1 amide bonds. The van der Waals surface area contributed by atoms with Crippen molar-refractivity contribution in [2.75, 3.05) is 6.54 Å². The Morgan fingerprint density at radius 3 is 2.93 bits per heavy atom. The monoisotopic (exact) mass is 210 g/mol. The second-order valence-corrected chi connectivity index (χ2v) is 4.50. The van der Waals surface area contributed by atoms with Gasteiger partial charge in [0, 0.05) is 25.0 Å². The van der Waals surface area contributed by atoms with Crippen molar-refractivity contribution >= 4 is 5.91 Å². The van der Waals surface area contributed by atoms with E-state index < -0.39 is 0 Å². The first-order chi connectivity index (χ1) is 7.13. The van der Waals surface area contributed by atoms with Crippen LogP contribution in [0.15, 0.2) is 12.7 Å². The molecule has 0 saturated carbocycles. The van der Waals surface area contributed by atoms with E-state index in [0.29, 0.717) is 24.4 Å². The van der Waals surface area contributed by atoms with Gasteiger partial charge in [-0.2, -0.15) is 0 Å². The molecule has 3 unspecified atom stereocenters. The van der Waals surface area contributed by atoms with Crippen molar-refractivity contribution in [2.45, 2.75) is 45.2 Å². The molecule has 3 atom stereocenters. The summed E-state index contributed by atoms with van der Waals surface area (Å²) in [6, 6.07) is 0.910. The Bertz CT molecular complexity index is 218. The smallest absolute Gasteiger partial charge is 0.220 e. The predicted octanol–water partition coefficient (Wildman–Crippen LogP) is 1.46. The van der Waals surface area contributed by atoms with Crippen molar-refractivity contribution in [3.05, 3.63) is 12.7 Å². The fraction of sp³-hybridized carbons (Fsp3) is 0.750. The third-order valence-electron chi connectivity index (χ3n) is 3.16. The van der Waals surface area contributed by atoms with Crippen LogP contribution in [0.4, 0.5) is 0 Å². The molecule has 0 bridgehead atoms. The van der Waals surface area contributed by atoms with E-state index in [0.717, 1.165) is 19.4 Å². The summed E-state index contributed by atoms with van der Waals surface area (Å²) in [4.78, 5) is 11.0. The number of carbonyl (C=O) groups excluding carboxylic acids is 1. The first-order valence-corrected chi connectivity index (χ1v) is 5.77. The first kappa shape index (κ1) is 12.2. The van der Waals surface area contributed by atoms with Gasteiger partial charge in [0.15, 0.2) is 0 Å².